The second kappa shape index (κ2) is 8.20. The van der Waals surface area contributed by atoms with Crippen molar-refractivity contribution in [3.63, 3.8) is 0 Å². The second-order valence-corrected chi connectivity index (χ2v) is 5.65. The largest absolute Gasteiger partial charge is 0.493 e. The molecular weight excluding hydrogens is 330 g/mol. The second-order valence-electron chi connectivity index (χ2n) is 5.65. The molecule has 0 atom stereocenters. The van der Waals surface area contributed by atoms with Crippen molar-refractivity contribution >= 4 is 11.6 Å². The molecule has 0 aliphatic heterocycles. The monoisotopic (exact) mass is 351 g/mol. The van der Waals surface area contributed by atoms with Crippen molar-refractivity contribution in [3.8, 4) is 17.2 Å². The van der Waals surface area contributed by atoms with E-state index in [1.807, 2.05) is 43.5 Å². The quantitative estimate of drug-likeness (QED) is 0.708. The van der Waals surface area contributed by atoms with Crippen LogP contribution in [0, 0.1) is 0 Å². The minimum atomic E-state index is -0.121. The van der Waals surface area contributed by atoms with Gasteiger partial charge in [-0.25, -0.2) is 4.68 Å². The molecule has 1 N–H and O–H groups in total. The van der Waals surface area contributed by atoms with E-state index >= 15 is 0 Å². The smallest absolute Gasteiger partial charge is 0.228 e. The van der Waals surface area contributed by atoms with Crippen LogP contribution in [0.3, 0.4) is 0 Å². The third-order valence-electron chi connectivity index (χ3n) is 3.77. The van der Waals surface area contributed by atoms with Crippen molar-refractivity contribution < 1.29 is 14.3 Å². The fourth-order valence-electron chi connectivity index (χ4n) is 2.58. The molecule has 2 aromatic carbocycles. The average Bonchev–Trinajstić information content (AvgIpc) is 3.12. The predicted octanol–water partition coefficient (Wildman–Crippen LogP) is 3.46. The Morgan fingerprint density at radius 3 is 2.69 bits per heavy atom. The van der Waals surface area contributed by atoms with Crippen molar-refractivity contribution in [2.24, 2.45) is 0 Å². The lowest BCUT2D eigenvalue weighted by atomic mass is 10.2. The van der Waals surface area contributed by atoms with Crippen molar-refractivity contribution in [2.75, 3.05) is 19.0 Å². The van der Waals surface area contributed by atoms with Gasteiger partial charge in [0.25, 0.3) is 0 Å². The van der Waals surface area contributed by atoms with Gasteiger partial charge in [0.15, 0.2) is 11.5 Å². The van der Waals surface area contributed by atoms with Crippen LogP contribution < -0.4 is 14.8 Å². The molecule has 1 heterocycles. The molecule has 0 spiro atoms. The summed E-state index contributed by atoms with van der Waals surface area (Å²) in [6.07, 6.45) is 3.79. The maximum atomic E-state index is 12.3. The fraction of sp³-hybridized carbons (Fsp3) is 0.200. The van der Waals surface area contributed by atoms with Gasteiger partial charge in [-0.15, -0.1) is 0 Å². The van der Waals surface area contributed by atoms with Gasteiger partial charge in [-0.1, -0.05) is 18.2 Å². The van der Waals surface area contributed by atoms with Gasteiger partial charge in [0.2, 0.25) is 5.91 Å². The molecule has 6 nitrogen and oxygen atoms in total. The first-order valence-electron chi connectivity index (χ1n) is 8.39. The number of methoxy groups -OCH3 is 1. The summed E-state index contributed by atoms with van der Waals surface area (Å²) >= 11 is 0. The van der Waals surface area contributed by atoms with E-state index in [4.69, 9.17) is 9.47 Å². The lowest BCUT2D eigenvalue weighted by Gasteiger charge is -2.11. The number of ether oxygens (including phenoxy) is 2. The van der Waals surface area contributed by atoms with Crippen LogP contribution in [0.5, 0.6) is 11.5 Å². The number of anilines is 1. The van der Waals surface area contributed by atoms with Gasteiger partial charge in [0, 0.05) is 18.0 Å². The molecule has 134 valence electrons. The first kappa shape index (κ1) is 17.5. The Morgan fingerprint density at radius 2 is 1.96 bits per heavy atom. The van der Waals surface area contributed by atoms with E-state index in [1.54, 1.807) is 36.2 Å². The first-order valence-corrected chi connectivity index (χ1v) is 8.39. The van der Waals surface area contributed by atoms with Crippen molar-refractivity contribution in [3.05, 3.63) is 66.5 Å². The van der Waals surface area contributed by atoms with Gasteiger partial charge < -0.3 is 14.8 Å². The molecule has 0 saturated heterocycles. The molecule has 0 aliphatic rings. The number of rotatable bonds is 7. The highest BCUT2D eigenvalue weighted by Crippen LogP contribution is 2.30. The van der Waals surface area contributed by atoms with Crippen LogP contribution in [-0.2, 0) is 11.2 Å². The van der Waals surface area contributed by atoms with E-state index in [1.165, 1.54) is 0 Å². The molecule has 1 amide bonds. The average molecular weight is 351 g/mol. The third-order valence-corrected chi connectivity index (χ3v) is 3.77. The van der Waals surface area contributed by atoms with Crippen LogP contribution in [0.1, 0.15) is 12.5 Å². The zero-order valence-corrected chi connectivity index (χ0v) is 14.8. The number of amides is 1. The van der Waals surface area contributed by atoms with Crippen LogP contribution in [0.15, 0.2) is 60.9 Å². The number of para-hydroxylation sites is 1. The molecule has 0 unspecified atom stereocenters. The Bertz CT molecular complexity index is 875. The molecular formula is C20H21N3O3. The lowest BCUT2D eigenvalue weighted by Crippen LogP contribution is -2.14. The zero-order valence-electron chi connectivity index (χ0n) is 14.8. The molecule has 0 aliphatic carbocycles. The first-order chi connectivity index (χ1) is 12.7. The Morgan fingerprint density at radius 1 is 1.15 bits per heavy atom. The van der Waals surface area contributed by atoms with Gasteiger partial charge in [0.05, 0.1) is 32.0 Å². The molecule has 3 aromatic rings. The fourth-order valence-corrected chi connectivity index (χ4v) is 2.58. The summed E-state index contributed by atoms with van der Waals surface area (Å²) in [5.74, 6) is 1.11. The van der Waals surface area contributed by atoms with Crippen LogP contribution in [-0.4, -0.2) is 29.4 Å². The number of nitrogens with one attached hydrogen (secondary N) is 1. The van der Waals surface area contributed by atoms with E-state index < -0.39 is 0 Å². The normalized spacial score (nSPS) is 10.4. The van der Waals surface area contributed by atoms with Crippen LogP contribution >= 0.6 is 0 Å². The molecule has 1 aromatic heterocycles. The van der Waals surface area contributed by atoms with E-state index in [2.05, 4.69) is 10.4 Å². The number of nitrogens with zero attached hydrogens (tertiary/aromatic N) is 2. The third kappa shape index (κ3) is 4.22. The summed E-state index contributed by atoms with van der Waals surface area (Å²) in [6.45, 7) is 2.46. The molecule has 3 rings (SSSR count). The predicted molar refractivity (Wildman–Crippen MR) is 100 cm³/mol. The highest BCUT2D eigenvalue weighted by Gasteiger charge is 2.10. The molecule has 0 radical (unpaired) electrons. The Kier molecular flexibility index (Phi) is 5.53. The summed E-state index contributed by atoms with van der Waals surface area (Å²) in [4.78, 5) is 12.3. The van der Waals surface area contributed by atoms with Crippen molar-refractivity contribution in [1.82, 2.24) is 9.78 Å². The van der Waals surface area contributed by atoms with Crippen LogP contribution in [0.25, 0.3) is 5.69 Å². The number of benzene rings is 2. The maximum Gasteiger partial charge on any atom is 0.228 e. The molecule has 0 fully saturated rings. The Balaban J connectivity index is 1.65. The van der Waals surface area contributed by atoms with Gasteiger partial charge >= 0.3 is 0 Å². The van der Waals surface area contributed by atoms with E-state index in [0.717, 1.165) is 11.3 Å². The Labute approximate surface area is 152 Å². The topological polar surface area (TPSA) is 65.4 Å². The van der Waals surface area contributed by atoms with Gasteiger partial charge in [0.1, 0.15) is 0 Å². The van der Waals surface area contributed by atoms with Crippen molar-refractivity contribution in [2.45, 2.75) is 13.3 Å². The van der Waals surface area contributed by atoms with Gasteiger partial charge in [-0.05, 0) is 36.8 Å². The van der Waals surface area contributed by atoms with Gasteiger partial charge in [-0.3, -0.25) is 4.79 Å². The molecule has 26 heavy (non-hydrogen) atoms. The Hall–Kier alpha value is -3.28. The SMILES string of the molecule is CCOc1ccc(NC(=O)Cc2cnn(-c3ccccc3)c2)cc1OC. The highest BCUT2D eigenvalue weighted by atomic mass is 16.5. The summed E-state index contributed by atoms with van der Waals surface area (Å²) in [5, 5.41) is 7.18. The van der Waals surface area contributed by atoms with Crippen LogP contribution in [0.2, 0.25) is 0 Å². The minimum absolute atomic E-state index is 0.121. The molecule has 6 heteroatoms. The van der Waals surface area contributed by atoms with Gasteiger partial charge in [-0.2, -0.15) is 5.10 Å². The summed E-state index contributed by atoms with van der Waals surface area (Å²) in [5.41, 5.74) is 2.45. The number of aromatic nitrogens is 2. The maximum absolute atomic E-state index is 12.3. The lowest BCUT2D eigenvalue weighted by molar-refractivity contribution is -0.115. The van der Waals surface area contributed by atoms with Crippen molar-refractivity contribution in [1.29, 1.82) is 0 Å². The summed E-state index contributed by atoms with van der Waals surface area (Å²) in [6, 6.07) is 15.1. The van der Waals surface area contributed by atoms with E-state index in [0.29, 0.717) is 23.8 Å². The number of carbonyl (C=O) groups is 1. The minimum Gasteiger partial charge on any atom is -0.493 e. The molecule has 0 bridgehead atoms. The summed E-state index contributed by atoms with van der Waals surface area (Å²) < 4.78 is 12.5. The van der Waals surface area contributed by atoms with Crippen LogP contribution in [0.4, 0.5) is 5.69 Å². The van der Waals surface area contributed by atoms with E-state index in [-0.39, 0.29) is 12.3 Å². The summed E-state index contributed by atoms with van der Waals surface area (Å²) in [7, 11) is 1.57. The standard InChI is InChI=1S/C20H21N3O3/c1-3-26-18-10-9-16(12-19(18)25-2)22-20(24)11-15-13-21-23(14-15)17-7-5-4-6-8-17/h4-10,12-14H,3,11H2,1-2H3,(H,22,24). The zero-order chi connectivity index (χ0) is 18.4. The number of hydrogen-bond acceptors (Lipinski definition) is 4. The highest BCUT2D eigenvalue weighted by molar-refractivity contribution is 5.92. The number of carbonyl (C=O) groups excluding carboxylic acids is 1. The molecule has 0 saturated carbocycles. The number of hydrogen-bond donors (Lipinski definition) is 1. The van der Waals surface area contributed by atoms with E-state index in [9.17, 15) is 4.79 Å².